The summed E-state index contributed by atoms with van der Waals surface area (Å²) >= 11 is 0. The van der Waals surface area contributed by atoms with Crippen molar-refractivity contribution in [2.75, 3.05) is 52.5 Å². The third-order valence-electron chi connectivity index (χ3n) is 4.77. The lowest BCUT2D eigenvalue weighted by Gasteiger charge is -2.29. The fourth-order valence-electron chi connectivity index (χ4n) is 3.29. The molecule has 120 valence electrons. The molecule has 3 nitrogen and oxygen atoms in total. The molecule has 1 aromatic carbocycles. The van der Waals surface area contributed by atoms with Gasteiger partial charge in [-0.25, -0.2) is 0 Å². The van der Waals surface area contributed by atoms with Gasteiger partial charge in [0, 0.05) is 26.2 Å². The Hall–Kier alpha value is -1.16. The number of aryl methyl sites for hydroxylation is 1. The predicted molar refractivity (Wildman–Crippen MR) is 92.1 cm³/mol. The van der Waals surface area contributed by atoms with Crippen LogP contribution in [0.2, 0.25) is 0 Å². The number of morpholine rings is 1. The lowest BCUT2D eigenvalue weighted by Crippen LogP contribution is -2.38. The first-order valence-corrected chi connectivity index (χ1v) is 8.60. The topological polar surface area (TPSA) is 15.7 Å². The van der Waals surface area contributed by atoms with E-state index in [9.17, 15) is 0 Å². The monoisotopic (exact) mass is 300 g/mol. The summed E-state index contributed by atoms with van der Waals surface area (Å²) in [4.78, 5) is 5.11. The molecule has 0 amide bonds. The molecule has 2 aliphatic rings. The molecule has 3 heteroatoms. The molecule has 0 bridgehead atoms. The van der Waals surface area contributed by atoms with Crippen LogP contribution in [-0.4, -0.2) is 62.3 Å². The Bertz CT molecular complexity index is 489. The van der Waals surface area contributed by atoms with Gasteiger partial charge in [-0.15, -0.1) is 0 Å². The van der Waals surface area contributed by atoms with Crippen LogP contribution in [0.4, 0.5) is 0 Å². The zero-order valence-electron chi connectivity index (χ0n) is 13.8. The van der Waals surface area contributed by atoms with Gasteiger partial charge in [0.25, 0.3) is 0 Å². The molecule has 22 heavy (non-hydrogen) atoms. The standard InChI is InChI=1S/C19H28N2O/c1-17-3-5-18(6-4-17)19-7-11-20(12-8-19)9-2-10-21-13-15-22-16-14-21/h3-7H,2,8-16H2,1H3. The smallest absolute Gasteiger partial charge is 0.0594 e. The van der Waals surface area contributed by atoms with Crippen LogP contribution in [0.25, 0.3) is 5.57 Å². The van der Waals surface area contributed by atoms with E-state index < -0.39 is 0 Å². The van der Waals surface area contributed by atoms with E-state index in [1.165, 1.54) is 49.2 Å². The molecule has 0 aliphatic carbocycles. The van der Waals surface area contributed by atoms with Crippen LogP contribution in [0.3, 0.4) is 0 Å². The van der Waals surface area contributed by atoms with Gasteiger partial charge >= 0.3 is 0 Å². The van der Waals surface area contributed by atoms with E-state index in [0.29, 0.717) is 0 Å². The molecule has 1 aromatic rings. The summed E-state index contributed by atoms with van der Waals surface area (Å²) in [5, 5.41) is 0. The summed E-state index contributed by atoms with van der Waals surface area (Å²) in [6, 6.07) is 8.94. The molecule has 1 saturated heterocycles. The van der Waals surface area contributed by atoms with Gasteiger partial charge in [0.1, 0.15) is 0 Å². The van der Waals surface area contributed by atoms with Crippen LogP contribution in [0.15, 0.2) is 30.3 Å². The molecule has 0 unspecified atom stereocenters. The maximum Gasteiger partial charge on any atom is 0.0594 e. The van der Waals surface area contributed by atoms with Gasteiger partial charge in [0.2, 0.25) is 0 Å². The lowest BCUT2D eigenvalue weighted by molar-refractivity contribution is 0.0362. The molecule has 0 saturated carbocycles. The van der Waals surface area contributed by atoms with Crippen molar-refractivity contribution in [2.45, 2.75) is 19.8 Å². The van der Waals surface area contributed by atoms with Crippen molar-refractivity contribution in [3.63, 3.8) is 0 Å². The molecule has 2 heterocycles. The third-order valence-corrected chi connectivity index (χ3v) is 4.77. The lowest BCUT2D eigenvalue weighted by atomic mass is 9.98. The molecule has 0 atom stereocenters. The van der Waals surface area contributed by atoms with Crippen LogP contribution in [0.1, 0.15) is 24.0 Å². The van der Waals surface area contributed by atoms with Crippen molar-refractivity contribution in [2.24, 2.45) is 0 Å². The third kappa shape index (κ3) is 4.42. The zero-order chi connectivity index (χ0) is 15.2. The van der Waals surface area contributed by atoms with Gasteiger partial charge in [0.15, 0.2) is 0 Å². The van der Waals surface area contributed by atoms with Crippen molar-refractivity contribution in [1.29, 1.82) is 0 Å². The SMILES string of the molecule is Cc1ccc(C2=CCN(CCCN3CCOCC3)CC2)cc1. The Balaban J connectivity index is 1.41. The van der Waals surface area contributed by atoms with E-state index in [0.717, 1.165) is 32.8 Å². The van der Waals surface area contributed by atoms with Gasteiger partial charge < -0.3 is 4.74 Å². The zero-order valence-corrected chi connectivity index (χ0v) is 13.8. The van der Waals surface area contributed by atoms with Crippen LogP contribution in [-0.2, 0) is 4.74 Å². The molecule has 0 aromatic heterocycles. The average Bonchev–Trinajstić information content (AvgIpc) is 2.57. The van der Waals surface area contributed by atoms with Gasteiger partial charge in [-0.05, 0) is 44.0 Å². The highest BCUT2D eigenvalue weighted by Gasteiger charge is 2.14. The van der Waals surface area contributed by atoms with Gasteiger partial charge in [-0.3, -0.25) is 9.80 Å². The summed E-state index contributed by atoms with van der Waals surface area (Å²) < 4.78 is 5.40. The van der Waals surface area contributed by atoms with Crippen LogP contribution < -0.4 is 0 Å². The number of rotatable bonds is 5. The number of benzene rings is 1. The molecular formula is C19H28N2O. The Labute approximate surface area is 134 Å². The van der Waals surface area contributed by atoms with Gasteiger partial charge in [-0.2, -0.15) is 0 Å². The van der Waals surface area contributed by atoms with Crippen molar-refractivity contribution in [3.8, 4) is 0 Å². The normalized spacial score (nSPS) is 20.9. The Kier molecular flexibility index (Phi) is 5.65. The highest BCUT2D eigenvalue weighted by molar-refractivity contribution is 5.66. The molecule has 0 spiro atoms. The Morgan fingerprint density at radius 1 is 0.955 bits per heavy atom. The van der Waals surface area contributed by atoms with E-state index in [1.54, 1.807) is 0 Å². The summed E-state index contributed by atoms with van der Waals surface area (Å²) in [5.41, 5.74) is 4.26. The van der Waals surface area contributed by atoms with Gasteiger partial charge in [-0.1, -0.05) is 35.9 Å². The second kappa shape index (κ2) is 7.91. The minimum Gasteiger partial charge on any atom is -0.379 e. The minimum absolute atomic E-state index is 0.909. The van der Waals surface area contributed by atoms with E-state index >= 15 is 0 Å². The van der Waals surface area contributed by atoms with Crippen LogP contribution in [0, 0.1) is 6.92 Å². The molecule has 3 rings (SSSR count). The van der Waals surface area contributed by atoms with E-state index in [4.69, 9.17) is 4.74 Å². The fourth-order valence-corrected chi connectivity index (χ4v) is 3.29. The van der Waals surface area contributed by atoms with Crippen molar-refractivity contribution >= 4 is 5.57 Å². The first-order valence-electron chi connectivity index (χ1n) is 8.60. The highest BCUT2D eigenvalue weighted by Crippen LogP contribution is 2.22. The van der Waals surface area contributed by atoms with Crippen LogP contribution >= 0.6 is 0 Å². The fraction of sp³-hybridized carbons (Fsp3) is 0.579. The van der Waals surface area contributed by atoms with E-state index in [1.807, 2.05) is 0 Å². The minimum atomic E-state index is 0.909. The van der Waals surface area contributed by atoms with Crippen molar-refractivity contribution < 1.29 is 4.74 Å². The highest BCUT2D eigenvalue weighted by atomic mass is 16.5. The van der Waals surface area contributed by atoms with Crippen LogP contribution in [0.5, 0.6) is 0 Å². The first kappa shape index (κ1) is 15.7. The quantitative estimate of drug-likeness (QED) is 0.831. The molecule has 1 fully saturated rings. The summed E-state index contributed by atoms with van der Waals surface area (Å²) in [6.07, 6.45) is 4.87. The van der Waals surface area contributed by atoms with Crippen molar-refractivity contribution in [1.82, 2.24) is 9.80 Å². The molecule has 0 radical (unpaired) electrons. The Morgan fingerprint density at radius 3 is 2.36 bits per heavy atom. The van der Waals surface area contributed by atoms with Crippen molar-refractivity contribution in [3.05, 3.63) is 41.5 Å². The summed E-state index contributed by atoms with van der Waals surface area (Å²) in [7, 11) is 0. The summed E-state index contributed by atoms with van der Waals surface area (Å²) in [6.45, 7) is 10.9. The number of ether oxygens (including phenoxy) is 1. The first-order chi connectivity index (χ1) is 10.8. The molecule has 2 aliphatic heterocycles. The Morgan fingerprint density at radius 2 is 1.68 bits per heavy atom. The second-order valence-corrected chi connectivity index (χ2v) is 6.45. The molecule has 0 N–H and O–H groups in total. The largest absolute Gasteiger partial charge is 0.379 e. The van der Waals surface area contributed by atoms with E-state index in [2.05, 4.69) is 47.1 Å². The maximum absolute atomic E-state index is 5.40. The number of hydrogen-bond acceptors (Lipinski definition) is 3. The number of nitrogens with zero attached hydrogens (tertiary/aromatic N) is 2. The number of hydrogen-bond donors (Lipinski definition) is 0. The molecular weight excluding hydrogens is 272 g/mol. The van der Waals surface area contributed by atoms with Gasteiger partial charge in [0.05, 0.1) is 13.2 Å². The summed E-state index contributed by atoms with van der Waals surface area (Å²) in [5.74, 6) is 0. The average molecular weight is 300 g/mol. The van der Waals surface area contributed by atoms with E-state index in [-0.39, 0.29) is 0 Å². The maximum atomic E-state index is 5.40. The predicted octanol–water partition coefficient (Wildman–Crippen LogP) is 2.81. The second-order valence-electron chi connectivity index (χ2n) is 6.45.